The van der Waals surface area contributed by atoms with Crippen LogP contribution in [0.25, 0.3) is 0 Å². The van der Waals surface area contributed by atoms with E-state index < -0.39 is 40.2 Å². The van der Waals surface area contributed by atoms with Crippen molar-refractivity contribution in [2.24, 2.45) is 5.92 Å². The van der Waals surface area contributed by atoms with Crippen LogP contribution in [0.3, 0.4) is 0 Å². The summed E-state index contributed by atoms with van der Waals surface area (Å²) in [6, 6.07) is 0. The zero-order valence-corrected chi connectivity index (χ0v) is 12.1. The summed E-state index contributed by atoms with van der Waals surface area (Å²) in [4.78, 5) is 36.4. The quantitative estimate of drug-likeness (QED) is 0.367. The van der Waals surface area contributed by atoms with Gasteiger partial charge in [-0.05, 0) is 18.8 Å². The monoisotopic (exact) mass is 334 g/mol. The zero-order valence-electron chi connectivity index (χ0n) is 10.3. The number of rotatable bonds is 9. The average molecular weight is 334 g/mol. The van der Waals surface area contributed by atoms with Gasteiger partial charge >= 0.3 is 21.6 Å². The molecular weight excluding hydrogens is 318 g/mol. The number of carboxylic acid groups (broad SMARTS) is 1. The van der Waals surface area contributed by atoms with Crippen molar-refractivity contribution in [1.82, 2.24) is 0 Å². The predicted molar refractivity (Wildman–Crippen MR) is 63.5 cm³/mol. The molecule has 1 saturated carbocycles. The molecule has 10 nitrogen and oxygen atoms in total. The molecule has 1 aliphatic rings. The van der Waals surface area contributed by atoms with Gasteiger partial charge in [0.15, 0.2) is 0 Å². The second kappa shape index (κ2) is 6.21. The van der Waals surface area contributed by atoms with Gasteiger partial charge in [0.05, 0.1) is 18.6 Å². The first-order chi connectivity index (χ1) is 8.94. The van der Waals surface area contributed by atoms with Gasteiger partial charge in [0, 0.05) is 6.42 Å². The lowest BCUT2D eigenvalue weighted by Crippen LogP contribution is -2.35. The molecule has 0 amide bonds. The molecule has 5 N–H and O–H groups in total. The van der Waals surface area contributed by atoms with Gasteiger partial charge in [-0.1, -0.05) is 0 Å². The molecule has 1 aliphatic carbocycles. The molecule has 20 heavy (non-hydrogen) atoms. The Balaban J connectivity index is 2.50. The highest BCUT2D eigenvalue weighted by Crippen LogP contribution is 2.57. The largest absolute Gasteiger partial charge is 0.481 e. The van der Waals surface area contributed by atoms with Gasteiger partial charge in [-0.2, -0.15) is 4.31 Å². The van der Waals surface area contributed by atoms with E-state index in [0.717, 1.165) is 0 Å². The van der Waals surface area contributed by atoms with Crippen LogP contribution in [0.4, 0.5) is 0 Å². The van der Waals surface area contributed by atoms with E-state index in [4.69, 9.17) is 19.8 Å². The summed E-state index contributed by atoms with van der Waals surface area (Å²) in [7, 11) is -10.2. The van der Waals surface area contributed by atoms with Crippen molar-refractivity contribution in [3.63, 3.8) is 0 Å². The summed E-state index contributed by atoms with van der Waals surface area (Å²) in [5, 5.41) is 18.8. The Morgan fingerprint density at radius 2 is 1.80 bits per heavy atom. The first-order valence-corrected chi connectivity index (χ1v) is 8.64. The topological polar surface area (TPSA) is 171 Å². The molecule has 118 valence electrons. The zero-order chi connectivity index (χ0) is 15.6. The molecule has 1 rings (SSSR count). The molecule has 0 aromatic rings. The van der Waals surface area contributed by atoms with Crippen LogP contribution in [0.15, 0.2) is 0 Å². The summed E-state index contributed by atoms with van der Waals surface area (Å²) >= 11 is 0. The summed E-state index contributed by atoms with van der Waals surface area (Å²) in [5.74, 6) is -1.46. The fourth-order valence-electron chi connectivity index (χ4n) is 1.82. The highest BCUT2D eigenvalue weighted by molar-refractivity contribution is 7.60. The lowest BCUT2D eigenvalue weighted by molar-refractivity contribution is -0.144. The number of carbonyl (C=O) groups is 1. The number of carboxylic acids is 1. The molecule has 0 spiro atoms. The highest BCUT2D eigenvalue weighted by atomic mass is 31.3. The maximum Gasteiger partial charge on any atom is 0.481 e. The van der Waals surface area contributed by atoms with Gasteiger partial charge in [-0.25, -0.2) is 9.13 Å². The van der Waals surface area contributed by atoms with Crippen molar-refractivity contribution in [3.05, 3.63) is 0 Å². The van der Waals surface area contributed by atoms with Gasteiger partial charge in [-0.3, -0.25) is 9.32 Å². The Morgan fingerprint density at radius 3 is 2.20 bits per heavy atom. The van der Waals surface area contributed by atoms with Crippen molar-refractivity contribution >= 4 is 21.6 Å². The molecule has 0 radical (unpaired) electrons. The molecule has 0 aromatic heterocycles. The summed E-state index contributed by atoms with van der Waals surface area (Å²) in [6.07, 6.45) is 0.467. The number of aliphatic hydroxyl groups is 1. The number of hydrogen-bond acceptors (Lipinski definition) is 6. The molecular formula is C8H16O10P2. The van der Waals surface area contributed by atoms with Crippen molar-refractivity contribution in [3.8, 4) is 0 Å². The highest BCUT2D eigenvalue weighted by Gasteiger charge is 2.45. The van der Waals surface area contributed by atoms with Crippen LogP contribution in [0.1, 0.15) is 25.7 Å². The Hall–Kier alpha value is -0.310. The fraction of sp³-hybridized carbons (Fsp3) is 0.875. The van der Waals surface area contributed by atoms with Crippen molar-refractivity contribution in [2.45, 2.75) is 31.3 Å². The number of hydrogen-bond donors (Lipinski definition) is 5. The minimum absolute atomic E-state index is 0.233. The van der Waals surface area contributed by atoms with E-state index in [9.17, 15) is 19.0 Å². The Kier molecular flexibility index (Phi) is 5.51. The molecule has 2 atom stereocenters. The molecule has 12 heteroatoms. The first-order valence-electron chi connectivity index (χ1n) is 5.62. The van der Waals surface area contributed by atoms with Crippen molar-refractivity contribution < 1.29 is 47.7 Å². The maximum atomic E-state index is 11.1. The van der Waals surface area contributed by atoms with E-state index in [-0.39, 0.29) is 12.3 Å². The lowest BCUT2D eigenvalue weighted by Gasteiger charge is -2.26. The van der Waals surface area contributed by atoms with E-state index >= 15 is 0 Å². The van der Waals surface area contributed by atoms with Crippen LogP contribution in [0.2, 0.25) is 0 Å². The van der Waals surface area contributed by atoms with Gasteiger partial charge in [0.2, 0.25) is 0 Å². The number of phosphoric acid groups is 2. The van der Waals surface area contributed by atoms with Crippen LogP contribution in [-0.4, -0.2) is 43.1 Å². The van der Waals surface area contributed by atoms with Gasteiger partial charge in [0.1, 0.15) is 0 Å². The van der Waals surface area contributed by atoms with Crippen LogP contribution >= 0.6 is 15.6 Å². The average Bonchev–Trinajstić information content (AvgIpc) is 2.93. The van der Waals surface area contributed by atoms with E-state index in [1.807, 2.05) is 0 Å². The van der Waals surface area contributed by atoms with Crippen LogP contribution in [0.5, 0.6) is 0 Å². The third kappa shape index (κ3) is 6.43. The SMILES string of the molecule is O=C(O)CC(O)(CCOP(=O)(O)OP(=O)(O)O)C1CC1. The van der Waals surface area contributed by atoms with Gasteiger partial charge < -0.3 is 24.9 Å². The van der Waals surface area contributed by atoms with Crippen molar-refractivity contribution in [2.75, 3.05) is 6.61 Å². The molecule has 0 aliphatic heterocycles. The van der Waals surface area contributed by atoms with Crippen LogP contribution in [0, 0.1) is 5.92 Å². The summed E-state index contributed by atoms with van der Waals surface area (Å²) in [6.45, 7) is -0.575. The van der Waals surface area contributed by atoms with Gasteiger partial charge in [0.25, 0.3) is 0 Å². The molecule has 1 fully saturated rings. The van der Waals surface area contributed by atoms with Gasteiger partial charge in [-0.15, -0.1) is 0 Å². The third-order valence-corrected chi connectivity index (χ3v) is 4.98. The summed E-state index contributed by atoms with van der Waals surface area (Å²) < 4.78 is 29.4. The van der Waals surface area contributed by atoms with Crippen LogP contribution in [-0.2, 0) is 22.8 Å². The van der Waals surface area contributed by atoms with Crippen molar-refractivity contribution in [1.29, 1.82) is 0 Å². The molecule has 0 aromatic carbocycles. The minimum Gasteiger partial charge on any atom is -0.481 e. The molecule has 0 bridgehead atoms. The normalized spacial score (nSPS) is 22.0. The Labute approximate surface area is 114 Å². The molecule has 2 unspecified atom stereocenters. The van der Waals surface area contributed by atoms with E-state index in [2.05, 4.69) is 8.83 Å². The second-order valence-corrected chi connectivity index (χ2v) is 7.40. The second-order valence-electron chi connectivity index (χ2n) is 4.57. The number of aliphatic carboxylic acids is 1. The number of phosphoric ester groups is 1. The predicted octanol–water partition coefficient (Wildman–Crippen LogP) is 0.219. The maximum absolute atomic E-state index is 11.1. The van der Waals surface area contributed by atoms with E-state index in [1.165, 1.54) is 0 Å². The fourth-order valence-corrected chi connectivity index (χ4v) is 3.40. The molecule has 0 saturated heterocycles. The standard InChI is InChI=1S/C8H16O10P2/c9-7(10)5-8(11,6-1-2-6)3-4-17-20(15,16)18-19(12,13)14/h6,11H,1-5H2,(H,9,10)(H,15,16)(H2,12,13,14). The lowest BCUT2D eigenvalue weighted by atomic mass is 9.90. The third-order valence-electron chi connectivity index (χ3n) is 2.79. The Morgan fingerprint density at radius 1 is 1.25 bits per heavy atom. The minimum atomic E-state index is -5.19. The smallest absolute Gasteiger partial charge is 0.481 e. The Bertz CT molecular complexity index is 454. The van der Waals surface area contributed by atoms with E-state index in [1.54, 1.807) is 0 Å². The summed E-state index contributed by atoms with van der Waals surface area (Å²) in [5.41, 5.74) is -1.58. The first kappa shape index (κ1) is 17.7. The molecule has 0 heterocycles. The van der Waals surface area contributed by atoms with E-state index in [0.29, 0.717) is 12.8 Å². The van der Waals surface area contributed by atoms with Crippen LogP contribution < -0.4 is 0 Å².